The number of hydrogen-bond donors (Lipinski definition) is 0. The summed E-state index contributed by atoms with van der Waals surface area (Å²) in [6.45, 7) is 8.15. The van der Waals surface area contributed by atoms with Crippen molar-refractivity contribution in [1.82, 2.24) is 19.5 Å². The van der Waals surface area contributed by atoms with Gasteiger partial charge >= 0.3 is 0 Å². The van der Waals surface area contributed by atoms with Gasteiger partial charge in [0.25, 0.3) is 0 Å². The van der Waals surface area contributed by atoms with Gasteiger partial charge < -0.3 is 4.90 Å². The quantitative estimate of drug-likeness (QED) is 0.158. The van der Waals surface area contributed by atoms with Gasteiger partial charge in [0, 0.05) is 38.6 Å². The number of benzene rings is 8. The Bertz CT molecular complexity index is 3180. The molecule has 8 aromatic carbocycles. The molecule has 280 valence electrons. The van der Waals surface area contributed by atoms with Crippen LogP contribution in [0.2, 0.25) is 0 Å². The highest BCUT2D eigenvalue weighted by molar-refractivity contribution is 6.13. The van der Waals surface area contributed by atoms with Gasteiger partial charge in [0.2, 0.25) is 5.95 Å². The standard InChI is InChI=1S/C54H34N6/c1-55-39-33-34-49(59-47-31-17-13-27-42(47)51(43-28-14-18-32-48(43)59)50(36-19-5-2-6-20-36)37-21-7-3-8-22-37)44(35-39)53-56-52(38-23-9-4-10-24-38)57-54(58-53)60-45-29-15-11-25-40(45)41-26-12-16-30-46(41)60/h2-35H. The summed E-state index contributed by atoms with van der Waals surface area (Å²) in [6.07, 6.45) is 0. The van der Waals surface area contributed by atoms with Crippen LogP contribution in [0.25, 0.3) is 66.5 Å². The molecule has 0 saturated heterocycles. The second kappa shape index (κ2) is 14.5. The van der Waals surface area contributed by atoms with Crippen molar-refractivity contribution >= 4 is 55.7 Å². The molecule has 0 spiro atoms. The molecule has 0 amide bonds. The number of nitrogens with zero attached hydrogens (tertiary/aromatic N) is 6. The zero-order valence-corrected chi connectivity index (χ0v) is 32.3. The summed E-state index contributed by atoms with van der Waals surface area (Å²) in [6, 6.07) is 71.0. The molecule has 0 N–H and O–H groups in total. The Balaban J connectivity index is 1.20. The summed E-state index contributed by atoms with van der Waals surface area (Å²) in [5, 5.41) is 2.23. The molecular formula is C54H34N6. The van der Waals surface area contributed by atoms with Crippen molar-refractivity contribution in [2.75, 3.05) is 4.90 Å². The van der Waals surface area contributed by atoms with Crippen LogP contribution in [0.5, 0.6) is 0 Å². The first-order chi connectivity index (χ1) is 29.7. The molecule has 0 fully saturated rings. The zero-order valence-electron chi connectivity index (χ0n) is 32.3. The van der Waals surface area contributed by atoms with E-state index in [4.69, 9.17) is 21.5 Å². The van der Waals surface area contributed by atoms with E-state index in [0.29, 0.717) is 28.8 Å². The molecule has 0 saturated carbocycles. The van der Waals surface area contributed by atoms with Crippen LogP contribution in [0, 0.1) is 6.57 Å². The molecule has 1 aliphatic rings. The van der Waals surface area contributed by atoms with E-state index in [-0.39, 0.29) is 0 Å². The Labute approximate surface area is 347 Å². The van der Waals surface area contributed by atoms with Gasteiger partial charge in [0.05, 0.1) is 34.7 Å². The number of hydrogen-bond acceptors (Lipinski definition) is 4. The fourth-order valence-electron chi connectivity index (χ4n) is 8.64. The summed E-state index contributed by atoms with van der Waals surface area (Å²) in [4.78, 5) is 22.0. The molecule has 0 radical (unpaired) electrons. The second-order valence-electron chi connectivity index (χ2n) is 14.7. The molecule has 0 bridgehead atoms. The van der Waals surface area contributed by atoms with Crippen LogP contribution in [0.1, 0.15) is 22.3 Å². The lowest BCUT2D eigenvalue weighted by atomic mass is 9.82. The largest absolute Gasteiger partial charge is 0.309 e. The van der Waals surface area contributed by atoms with E-state index < -0.39 is 0 Å². The lowest BCUT2D eigenvalue weighted by Gasteiger charge is -2.37. The third-order valence-electron chi connectivity index (χ3n) is 11.2. The predicted octanol–water partition coefficient (Wildman–Crippen LogP) is 13.6. The molecular weight excluding hydrogens is 733 g/mol. The van der Waals surface area contributed by atoms with Crippen molar-refractivity contribution in [3.05, 3.63) is 240 Å². The number of rotatable bonds is 6. The Morgan fingerprint density at radius 2 is 0.917 bits per heavy atom. The minimum atomic E-state index is 0.465. The summed E-state index contributed by atoms with van der Waals surface area (Å²) in [7, 11) is 0. The van der Waals surface area contributed by atoms with Gasteiger partial charge in [-0.15, -0.1) is 0 Å². The maximum atomic E-state index is 8.15. The van der Waals surface area contributed by atoms with Crippen LogP contribution in [0.3, 0.4) is 0 Å². The minimum Gasteiger partial charge on any atom is -0.309 e. The van der Waals surface area contributed by atoms with Crippen molar-refractivity contribution < 1.29 is 0 Å². The first kappa shape index (κ1) is 34.8. The van der Waals surface area contributed by atoms with Gasteiger partial charge in [-0.2, -0.15) is 9.97 Å². The average molecular weight is 767 g/mol. The SMILES string of the molecule is [C-]#[N+]c1ccc(N2c3ccccc3C(=C(c3ccccc3)c3ccccc3)c3ccccc32)c(-c2nc(-c3ccccc3)nc(-n3c4ccccc4c4ccccc43)n2)c1. The summed E-state index contributed by atoms with van der Waals surface area (Å²) in [5.41, 5.74) is 13.7. The van der Waals surface area contributed by atoms with Crippen molar-refractivity contribution in [3.63, 3.8) is 0 Å². The molecule has 11 rings (SSSR count). The number of aromatic nitrogens is 4. The number of fused-ring (bicyclic) bond motifs is 5. The number of para-hydroxylation sites is 4. The molecule has 0 aliphatic carbocycles. The molecule has 6 nitrogen and oxygen atoms in total. The number of anilines is 3. The van der Waals surface area contributed by atoms with Crippen LogP contribution in [-0.4, -0.2) is 19.5 Å². The lowest BCUT2D eigenvalue weighted by Crippen LogP contribution is -2.20. The maximum Gasteiger partial charge on any atom is 0.238 e. The molecule has 6 heteroatoms. The van der Waals surface area contributed by atoms with E-state index in [0.717, 1.165) is 77.8 Å². The predicted molar refractivity (Wildman–Crippen MR) is 244 cm³/mol. The Hall–Kier alpha value is -8.40. The normalized spacial score (nSPS) is 11.9. The van der Waals surface area contributed by atoms with Crippen LogP contribution in [-0.2, 0) is 0 Å². The first-order valence-corrected chi connectivity index (χ1v) is 19.9. The van der Waals surface area contributed by atoms with E-state index in [2.05, 4.69) is 160 Å². The molecule has 1 aliphatic heterocycles. The molecule has 10 aromatic rings. The first-order valence-electron chi connectivity index (χ1n) is 19.9. The van der Waals surface area contributed by atoms with E-state index in [1.165, 1.54) is 0 Å². The highest BCUT2D eigenvalue weighted by Gasteiger charge is 2.32. The molecule has 3 heterocycles. The van der Waals surface area contributed by atoms with Crippen LogP contribution in [0.4, 0.5) is 22.7 Å². The third kappa shape index (κ3) is 5.76. The maximum absolute atomic E-state index is 8.15. The second-order valence-corrected chi connectivity index (χ2v) is 14.7. The highest BCUT2D eigenvalue weighted by Crippen LogP contribution is 2.53. The third-order valence-corrected chi connectivity index (χ3v) is 11.2. The lowest BCUT2D eigenvalue weighted by molar-refractivity contribution is 0.953. The van der Waals surface area contributed by atoms with Gasteiger partial charge in [0.1, 0.15) is 0 Å². The van der Waals surface area contributed by atoms with Crippen molar-refractivity contribution in [1.29, 1.82) is 0 Å². The van der Waals surface area contributed by atoms with E-state index >= 15 is 0 Å². The molecule has 0 atom stereocenters. The summed E-state index contributed by atoms with van der Waals surface area (Å²) in [5.74, 6) is 1.50. The van der Waals surface area contributed by atoms with Crippen molar-refractivity contribution in [2.24, 2.45) is 0 Å². The van der Waals surface area contributed by atoms with Gasteiger partial charge in [-0.25, -0.2) is 9.83 Å². The summed E-state index contributed by atoms with van der Waals surface area (Å²) >= 11 is 0. The van der Waals surface area contributed by atoms with Gasteiger partial charge in [-0.3, -0.25) is 4.57 Å². The smallest absolute Gasteiger partial charge is 0.238 e. The van der Waals surface area contributed by atoms with Crippen molar-refractivity contribution in [3.8, 4) is 28.7 Å². The zero-order chi connectivity index (χ0) is 40.0. The minimum absolute atomic E-state index is 0.465. The van der Waals surface area contributed by atoms with Crippen LogP contribution >= 0.6 is 0 Å². The van der Waals surface area contributed by atoms with Crippen LogP contribution < -0.4 is 4.90 Å². The molecule has 0 unspecified atom stereocenters. The monoisotopic (exact) mass is 766 g/mol. The van der Waals surface area contributed by atoms with Crippen molar-refractivity contribution in [2.45, 2.75) is 0 Å². The fraction of sp³-hybridized carbons (Fsp3) is 0. The fourth-order valence-corrected chi connectivity index (χ4v) is 8.64. The van der Waals surface area contributed by atoms with E-state index in [1.54, 1.807) is 0 Å². The Morgan fingerprint density at radius 1 is 0.433 bits per heavy atom. The molecule has 60 heavy (non-hydrogen) atoms. The van der Waals surface area contributed by atoms with Gasteiger partial charge in [-0.1, -0.05) is 170 Å². The topological polar surface area (TPSA) is 51.2 Å². The molecule has 2 aromatic heterocycles. The Morgan fingerprint density at radius 3 is 1.50 bits per heavy atom. The highest BCUT2D eigenvalue weighted by atomic mass is 15.2. The summed E-state index contributed by atoms with van der Waals surface area (Å²) < 4.78 is 2.12. The van der Waals surface area contributed by atoms with Gasteiger partial charge in [0.15, 0.2) is 17.3 Å². The van der Waals surface area contributed by atoms with Gasteiger partial charge in [-0.05, 0) is 53.1 Å². The average Bonchev–Trinajstić information content (AvgIpc) is 3.66. The van der Waals surface area contributed by atoms with Crippen LogP contribution in [0.15, 0.2) is 206 Å². The Kier molecular flexibility index (Phi) is 8.42. The van der Waals surface area contributed by atoms with E-state index in [9.17, 15) is 0 Å². The van der Waals surface area contributed by atoms with E-state index in [1.807, 2.05) is 60.7 Å².